The molecule has 0 bridgehead atoms. The van der Waals surface area contributed by atoms with Crippen molar-refractivity contribution in [3.05, 3.63) is 90.0 Å². The van der Waals surface area contributed by atoms with E-state index in [9.17, 15) is 13.2 Å². The van der Waals surface area contributed by atoms with E-state index >= 15 is 0 Å². The highest BCUT2D eigenvalue weighted by atomic mass is 32.2. The SMILES string of the molecule is O=C1CCCN1Cc1ccc(-c2ccccc2CNS(=O)(=O)c2ccccc2)cc1. The van der Waals surface area contributed by atoms with Crippen LogP contribution in [0.2, 0.25) is 0 Å². The molecule has 0 atom stereocenters. The summed E-state index contributed by atoms with van der Waals surface area (Å²) in [5.74, 6) is 0.218. The Hall–Kier alpha value is -2.96. The van der Waals surface area contributed by atoms with Crippen molar-refractivity contribution in [2.45, 2.75) is 30.8 Å². The fourth-order valence-electron chi connectivity index (χ4n) is 3.69. The molecule has 30 heavy (non-hydrogen) atoms. The number of rotatable bonds is 7. The third-order valence-electron chi connectivity index (χ3n) is 5.33. The molecule has 154 valence electrons. The minimum atomic E-state index is -3.57. The molecule has 1 amide bonds. The molecule has 0 radical (unpaired) electrons. The van der Waals surface area contributed by atoms with E-state index in [1.165, 1.54) is 0 Å². The number of sulfonamides is 1. The lowest BCUT2D eigenvalue weighted by atomic mass is 9.98. The van der Waals surface area contributed by atoms with E-state index in [1.54, 1.807) is 30.3 Å². The maximum Gasteiger partial charge on any atom is 0.240 e. The second-order valence-electron chi connectivity index (χ2n) is 7.41. The molecule has 6 heteroatoms. The van der Waals surface area contributed by atoms with Gasteiger partial charge in [0, 0.05) is 26.1 Å². The maximum atomic E-state index is 12.5. The molecule has 1 aliphatic rings. The standard InChI is InChI=1S/C24H24N2O3S/c27-24-11-6-16-26(24)18-19-12-14-20(15-13-19)23-10-5-4-7-21(23)17-25-30(28,29)22-8-2-1-3-9-22/h1-5,7-10,12-15,25H,6,11,16-18H2. The van der Waals surface area contributed by atoms with Gasteiger partial charge in [0.2, 0.25) is 15.9 Å². The fourth-order valence-corrected chi connectivity index (χ4v) is 4.72. The van der Waals surface area contributed by atoms with Crippen LogP contribution in [0.15, 0.2) is 83.8 Å². The summed E-state index contributed by atoms with van der Waals surface area (Å²) in [4.78, 5) is 14.0. The van der Waals surface area contributed by atoms with Gasteiger partial charge in [-0.2, -0.15) is 0 Å². The zero-order valence-corrected chi connectivity index (χ0v) is 17.4. The van der Waals surface area contributed by atoms with Crippen molar-refractivity contribution >= 4 is 15.9 Å². The lowest BCUT2D eigenvalue weighted by molar-refractivity contribution is -0.128. The number of likely N-dealkylation sites (tertiary alicyclic amines) is 1. The minimum absolute atomic E-state index is 0.206. The van der Waals surface area contributed by atoms with Gasteiger partial charge < -0.3 is 4.90 Å². The molecular formula is C24H24N2O3S. The van der Waals surface area contributed by atoms with Gasteiger partial charge in [-0.3, -0.25) is 4.79 Å². The van der Waals surface area contributed by atoms with Crippen molar-refractivity contribution in [1.82, 2.24) is 9.62 Å². The molecule has 0 aliphatic carbocycles. The number of hydrogen-bond acceptors (Lipinski definition) is 3. The van der Waals surface area contributed by atoms with Crippen LogP contribution in [-0.2, 0) is 27.9 Å². The Balaban J connectivity index is 1.50. The molecule has 0 saturated carbocycles. The van der Waals surface area contributed by atoms with E-state index in [4.69, 9.17) is 0 Å². The van der Waals surface area contributed by atoms with Crippen LogP contribution < -0.4 is 4.72 Å². The Morgan fingerprint density at radius 2 is 1.57 bits per heavy atom. The maximum absolute atomic E-state index is 12.5. The lowest BCUT2D eigenvalue weighted by Gasteiger charge is -2.16. The largest absolute Gasteiger partial charge is 0.338 e. The molecular weight excluding hydrogens is 396 g/mol. The van der Waals surface area contributed by atoms with Gasteiger partial charge in [-0.05, 0) is 40.8 Å². The number of nitrogens with zero attached hydrogens (tertiary/aromatic N) is 1. The van der Waals surface area contributed by atoms with Crippen molar-refractivity contribution in [2.75, 3.05) is 6.54 Å². The predicted octanol–water partition coefficient (Wildman–Crippen LogP) is 3.95. The van der Waals surface area contributed by atoms with E-state index in [2.05, 4.69) is 4.72 Å². The average Bonchev–Trinajstić information content (AvgIpc) is 3.18. The molecule has 1 heterocycles. The first kappa shape index (κ1) is 20.3. The Morgan fingerprint density at radius 3 is 2.27 bits per heavy atom. The van der Waals surface area contributed by atoms with Gasteiger partial charge in [-0.15, -0.1) is 0 Å². The van der Waals surface area contributed by atoms with Gasteiger partial charge >= 0.3 is 0 Å². The Morgan fingerprint density at radius 1 is 0.867 bits per heavy atom. The third kappa shape index (κ3) is 4.61. The highest BCUT2D eigenvalue weighted by molar-refractivity contribution is 7.89. The molecule has 1 saturated heterocycles. The van der Waals surface area contributed by atoms with Crippen LogP contribution in [0, 0.1) is 0 Å². The first-order valence-electron chi connectivity index (χ1n) is 10.0. The van der Waals surface area contributed by atoms with Crippen molar-refractivity contribution in [3.8, 4) is 11.1 Å². The van der Waals surface area contributed by atoms with Crippen LogP contribution in [0.25, 0.3) is 11.1 Å². The summed E-state index contributed by atoms with van der Waals surface area (Å²) in [5.41, 5.74) is 3.99. The first-order valence-corrected chi connectivity index (χ1v) is 11.5. The zero-order valence-electron chi connectivity index (χ0n) is 16.6. The van der Waals surface area contributed by atoms with Crippen LogP contribution in [0.4, 0.5) is 0 Å². The first-order chi connectivity index (χ1) is 14.5. The summed E-state index contributed by atoms with van der Waals surface area (Å²) in [7, 11) is -3.57. The second kappa shape index (κ2) is 8.81. The van der Waals surface area contributed by atoms with Gasteiger partial charge in [0.15, 0.2) is 0 Å². The van der Waals surface area contributed by atoms with Gasteiger partial charge in [0.1, 0.15) is 0 Å². The van der Waals surface area contributed by atoms with E-state index in [1.807, 2.05) is 53.4 Å². The summed E-state index contributed by atoms with van der Waals surface area (Å²) in [6, 6.07) is 24.3. The predicted molar refractivity (Wildman–Crippen MR) is 117 cm³/mol. The van der Waals surface area contributed by atoms with Crippen molar-refractivity contribution in [3.63, 3.8) is 0 Å². The molecule has 0 aromatic heterocycles. The number of amides is 1. The van der Waals surface area contributed by atoms with E-state index in [-0.39, 0.29) is 17.3 Å². The molecule has 3 aromatic rings. The summed E-state index contributed by atoms with van der Waals surface area (Å²) in [6.07, 6.45) is 1.58. The van der Waals surface area contributed by atoms with Crippen molar-refractivity contribution in [1.29, 1.82) is 0 Å². The average molecular weight is 421 g/mol. The minimum Gasteiger partial charge on any atom is -0.338 e. The number of hydrogen-bond donors (Lipinski definition) is 1. The number of nitrogens with one attached hydrogen (secondary N) is 1. The third-order valence-corrected chi connectivity index (χ3v) is 6.75. The van der Waals surface area contributed by atoms with Crippen LogP contribution in [0.5, 0.6) is 0 Å². The molecule has 1 aliphatic heterocycles. The van der Waals surface area contributed by atoms with Gasteiger partial charge in [0.25, 0.3) is 0 Å². The van der Waals surface area contributed by atoms with E-state index in [0.717, 1.165) is 35.2 Å². The molecule has 0 unspecified atom stereocenters. The van der Waals surface area contributed by atoms with E-state index < -0.39 is 10.0 Å². The van der Waals surface area contributed by atoms with Crippen LogP contribution in [-0.4, -0.2) is 25.8 Å². The quantitative estimate of drug-likeness (QED) is 0.629. The molecule has 3 aromatic carbocycles. The van der Waals surface area contributed by atoms with Crippen molar-refractivity contribution < 1.29 is 13.2 Å². The number of carbonyl (C=O) groups is 1. The fraction of sp³-hybridized carbons (Fsp3) is 0.208. The molecule has 1 N–H and O–H groups in total. The molecule has 1 fully saturated rings. The Bertz CT molecular complexity index is 1130. The summed E-state index contributed by atoms with van der Waals surface area (Å²) in [5, 5.41) is 0. The highest BCUT2D eigenvalue weighted by Gasteiger charge is 2.20. The summed E-state index contributed by atoms with van der Waals surface area (Å²) >= 11 is 0. The zero-order chi connectivity index (χ0) is 21.0. The van der Waals surface area contributed by atoms with Crippen LogP contribution in [0.3, 0.4) is 0 Å². The van der Waals surface area contributed by atoms with Gasteiger partial charge in [-0.25, -0.2) is 13.1 Å². The summed E-state index contributed by atoms with van der Waals surface area (Å²) in [6.45, 7) is 1.67. The summed E-state index contributed by atoms with van der Waals surface area (Å²) < 4.78 is 27.8. The smallest absolute Gasteiger partial charge is 0.240 e. The van der Waals surface area contributed by atoms with Crippen molar-refractivity contribution in [2.24, 2.45) is 0 Å². The topological polar surface area (TPSA) is 66.5 Å². The Labute approximate surface area is 177 Å². The number of carbonyl (C=O) groups excluding carboxylic acids is 1. The van der Waals surface area contributed by atoms with Gasteiger partial charge in [0.05, 0.1) is 4.90 Å². The normalized spacial score (nSPS) is 14.3. The molecule has 4 rings (SSSR count). The molecule has 0 spiro atoms. The molecule has 5 nitrogen and oxygen atoms in total. The van der Waals surface area contributed by atoms with Crippen LogP contribution in [0.1, 0.15) is 24.0 Å². The number of benzene rings is 3. The lowest BCUT2D eigenvalue weighted by Crippen LogP contribution is -2.23. The van der Waals surface area contributed by atoms with Crippen LogP contribution >= 0.6 is 0 Å². The second-order valence-corrected chi connectivity index (χ2v) is 9.18. The highest BCUT2D eigenvalue weighted by Crippen LogP contribution is 2.25. The van der Waals surface area contributed by atoms with Gasteiger partial charge in [-0.1, -0.05) is 66.7 Å². The van der Waals surface area contributed by atoms with E-state index in [0.29, 0.717) is 13.0 Å². The monoisotopic (exact) mass is 420 g/mol. The Kier molecular flexibility index (Phi) is 5.97.